The van der Waals surface area contributed by atoms with Gasteiger partial charge < -0.3 is 5.32 Å². The second-order valence-corrected chi connectivity index (χ2v) is 4.00. The Hall–Kier alpha value is -0.450. The summed E-state index contributed by atoms with van der Waals surface area (Å²) in [6.45, 7) is 7.54. The van der Waals surface area contributed by atoms with Crippen LogP contribution in [0.2, 0.25) is 0 Å². The van der Waals surface area contributed by atoms with Crippen molar-refractivity contribution >= 4 is 5.78 Å². The lowest BCUT2D eigenvalue weighted by Gasteiger charge is -2.19. The van der Waals surface area contributed by atoms with E-state index in [0.29, 0.717) is 6.04 Å². The molecule has 0 amide bonds. The number of hydrogen-bond acceptors (Lipinski definition) is 4. The van der Waals surface area contributed by atoms with Crippen LogP contribution < -0.4 is 16.0 Å². The molecule has 0 aromatic heterocycles. The molecule has 1 saturated heterocycles. The molecule has 0 saturated carbocycles. The molecular weight excluding hydrogens is 178 g/mol. The first-order chi connectivity index (χ1) is 6.65. The van der Waals surface area contributed by atoms with Crippen LogP contribution in [0.3, 0.4) is 0 Å². The summed E-state index contributed by atoms with van der Waals surface area (Å²) in [7, 11) is 0. The lowest BCUT2D eigenvalue weighted by atomic mass is 10.1. The van der Waals surface area contributed by atoms with E-state index >= 15 is 0 Å². The number of hydrogen-bond donors (Lipinski definition) is 3. The molecule has 1 aliphatic rings. The average Bonchev–Trinajstić information content (AvgIpc) is 2.62. The van der Waals surface area contributed by atoms with Crippen LogP contribution in [-0.2, 0) is 4.79 Å². The van der Waals surface area contributed by atoms with Gasteiger partial charge in [0.1, 0.15) is 5.78 Å². The van der Waals surface area contributed by atoms with E-state index in [-0.39, 0.29) is 17.9 Å². The average molecular weight is 199 g/mol. The Bertz CT molecular complexity index is 196. The molecule has 3 N–H and O–H groups in total. The van der Waals surface area contributed by atoms with Gasteiger partial charge in [0.2, 0.25) is 0 Å². The van der Waals surface area contributed by atoms with Crippen molar-refractivity contribution in [3.63, 3.8) is 0 Å². The molecule has 0 aliphatic carbocycles. The van der Waals surface area contributed by atoms with Crippen LogP contribution in [-0.4, -0.2) is 37.1 Å². The van der Waals surface area contributed by atoms with E-state index in [9.17, 15) is 4.79 Å². The molecule has 3 unspecified atom stereocenters. The van der Waals surface area contributed by atoms with Gasteiger partial charge in [-0.05, 0) is 20.3 Å². The molecule has 4 nitrogen and oxygen atoms in total. The summed E-state index contributed by atoms with van der Waals surface area (Å²) in [4.78, 5) is 11.2. The van der Waals surface area contributed by atoms with Crippen molar-refractivity contribution in [2.75, 3.05) is 13.2 Å². The van der Waals surface area contributed by atoms with Gasteiger partial charge in [-0.3, -0.25) is 15.4 Å². The van der Waals surface area contributed by atoms with Gasteiger partial charge in [0.05, 0.1) is 6.04 Å². The Labute approximate surface area is 85.8 Å². The highest BCUT2D eigenvalue weighted by molar-refractivity contribution is 5.82. The van der Waals surface area contributed by atoms with Crippen LogP contribution in [0.4, 0.5) is 0 Å². The Kier molecular flexibility index (Phi) is 4.51. The number of ketones is 1. The van der Waals surface area contributed by atoms with Gasteiger partial charge in [0, 0.05) is 25.3 Å². The van der Waals surface area contributed by atoms with Crippen LogP contribution in [0, 0.1) is 0 Å². The van der Waals surface area contributed by atoms with Crippen molar-refractivity contribution in [3.8, 4) is 0 Å². The molecular formula is C10H21N3O. The monoisotopic (exact) mass is 199 g/mol. The summed E-state index contributed by atoms with van der Waals surface area (Å²) < 4.78 is 0. The third-order valence-electron chi connectivity index (χ3n) is 2.83. The molecule has 1 heterocycles. The number of rotatable bonds is 5. The van der Waals surface area contributed by atoms with Crippen LogP contribution >= 0.6 is 0 Å². The molecule has 0 radical (unpaired) electrons. The molecule has 14 heavy (non-hydrogen) atoms. The second kappa shape index (κ2) is 5.44. The molecule has 0 aromatic rings. The SMILES string of the molecule is CCC(C)NCC1NCNC1C(C)=O. The summed E-state index contributed by atoms with van der Waals surface area (Å²) in [5, 5.41) is 9.82. The normalized spacial score (nSPS) is 29.1. The first-order valence-corrected chi connectivity index (χ1v) is 5.35. The van der Waals surface area contributed by atoms with Crippen molar-refractivity contribution in [1.82, 2.24) is 16.0 Å². The maximum Gasteiger partial charge on any atom is 0.148 e. The first-order valence-electron chi connectivity index (χ1n) is 5.35. The number of nitrogens with one attached hydrogen (secondary N) is 3. The highest BCUT2D eigenvalue weighted by Gasteiger charge is 2.29. The summed E-state index contributed by atoms with van der Waals surface area (Å²) in [5.74, 6) is 0.214. The van der Waals surface area contributed by atoms with Gasteiger partial charge in [0.25, 0.3) is 0 Å². The maximum absolute atomic E-state index is 11.2. The fourth-order valence-electron chi connectivity index (χ4n) is 1.65. The van der Waals surface area contributed by atoms with Gasteiger partial charge >= 0.3 is 0 Å². The zero-order valence-electron chi connectivity index (χ0n) is 9.26. The van der Waals surface area contributed by atoms with Gasteiger partial charge in [0.15, 0.2) is 0 Å². The van der Waals surface area contributed by atoms with Crippen LogP contribution in [0.1, 0.15) is 27.2 Å². The smallest absolute Gasteiger partial charge is 0.148 e. The molecule has 1 rings (SSSR count). The van der Waals surface area contributed by atoms with Crippen molar-refractivity contribution < 1.29 is 4.79 Å². The first kappa shape index (κ1) is 11.6. The lowest BCUT2D eigenvalue weighted by Crippen LogP contribution is -2.47. The Balaban J connectivity index is 2.32. The fourth-order valence-corrected chi connectivity index (χ4v) is 1.65. The fraction of sp³-hybridized carbons (Fsp3) is 0.900. The van der Waals surface area contributed by atoms with Crippen LogP contribution in [0.5, 0.6) is 0 Å². The molecule has 3 atom stereocenters. The molecule has 0 spiro atoms. The van der Waals surface area contributed by atoms with Crippen LogP contribution in [0.25, 0.3) is 0 Å². The maximum atomic E-state index is 11.2. The minimum atomic E-state index is -0.0217. The van der Waals surface area contributed by atoms with E-state index in [1.807, 2.05) is 0 Å². The van der Waals surface area contributed by atoms with E-state index < -0.39 is 0 Å². The van der Waals surface area contributed by atoms with Gasteiger partial charge in [-0.2, -0.15) is 0 Å². The molecule has 82 valence electrons. The van der Waals surface area contributed by atoms with Crippen molar-refractivity contribution in [2.45, 2.75) is 45.3 Å². The van der Waals surface area contributed by atoms with E-state index in [2.05, 4.69) is 29.8 Å². The second-order valence-electron chi connectivity index (χ2n) is 4.00. The Morgan fingerprint density at radius 3 is 2.86 bits per heavy atom. The number of carbonyl (C=O) groups excluding carboxylic acids is 1. The predicted molar refractivity (Wildman–Crippen MR) is 57.2 cm³/mol. The minimum Gasteiger partial charge on any atom is -0.313 e. The minimum absolute atomic E-state index is 0.0217. The van der Waals surface area contributed by atoms with Crippen molar-refractivity contribution in [1.29, 1.82) is 0 Å². The Morgan fingerprint density at radius 2 is 2.29 bits per heavy atom. The molecule has 0 bridgehead atoms. The topological polar surface area (TPSA) is 53.2 Å². The number of Topliss-reactive ketones (excluding diaryl/α,β-unsaturated/α-hetero) is 1. The highest BCUT2D eigenvalue weighted by atomic mass is 16.1. The summed E-state index contributed by atoms with van der Waals surface area (Å²) in [6.07, 6.45) is 1.12. The van der Waals surface area contributed by atoms with Crippen LogP contribution in [0.15, 0.2) is 0 Å². The molecule has 1 aliphatic heterocycles. The van der Waals surface area contributed by atoms with E-state index in [1.165, 1.54) is 0 Å². The Morgan fingerprint density at radius 1 is 1.57 bits per heavy atom. The summed E-state index contributed by atoms with van der Waals surface area (Å²) >= 11 is 0. The molecule has 4 heteroatoms. The van der Waals surface area contributed by atoms with E-state index in [1.54, 1.807) is 6.92 Å². The largest absolute Gasteiger partial charge is 0.313 e. The zero-order chi connectivity index (χ0) is 10.6. The summed E-state index contributed by atoms with van der Waals surface area (Å²) in [6, 6.07) is 0.734. The molecule has 1 fully saturated rings. The summed E-state index contributed by atoms with van der Waals surface area (Å²) in [5.41, 5.74) is 0. The van der Waals surface area contributed by atoms with Gasteiger partial charge in [-0.25, -0.2) is 0 Å². The predicted octanol–water partition coefficient (Wildman–Crippen LogP) is -0.149. The van der Waals surface area contributed by atoms with Gasteiger partial charge in [-0.1, -0.05) is 6.92 Å². The standard InChI is InChI=1S/C10H21N3O/c1-4-7(2)11-5-9-10(8(3)14)13-6-12-9/h7,9-13H,4-6H2,1-3H3. The number of carbonyl (C=O) groups is 1. The molecule has 0 aromatic carbocycles. The lowest BCUT2D eigenvalue weighted by molar-refractivity contribution is -0.118. The quantitative estimate of drug-likeness (QED) is 0.576. The van der Waals surface area contributed by atoms with Crippen molar-refractivity contribution in [3.05, 3.63) is 0 Å². The third kappa shape index (κ3) is 3.04. The highest BCUT2D eigenvalue weighted by Crippen LogP contribution is 2.01. The third-order valence-corrected chi connectivity index (χ3v) is 2.83. The zero-order valence-corrected chi connectivity index (χ0v) is 9.26. The van der Waals surface area contributed by atoms with E-state index in [0.717, 1.165) is 19.6 Å². The van der Waals surface area contributed by atoms with Gasteiger partial charge in [-0.15, -0.1) is 0 Å². The van der Waals surface area contributed by atoms with Crippen molar-refractivity contribution in [2.24, 2.45) is 0 Å². The van der Waals surface area contributed by atoms with E-state index in [4.69, 9.17) is 0 Å².